The molecule has 0 amide bonds. The molecule has 0 bridgehead atoms. The molecule has 0 radical (unpaired) electrons. The van der Waals surface area contributed by atoms with Gasteiger partial charge in [-0.05, 0) is 36.2 Å². The molecule has 0 saturated carbocycles. The van der Waals surface area contributed by atoms with Crippen molar-refractivity contribution >= 4 is 0 Å². The average molecular weight is 287 g/mol. The van der Waals surface area contributed by atoms with Gasteiger partial charge in [0, 0.05) is 12.1 Å². The number of benzene rings is 2. The van der Waals surface area contributed by atoms with Crippen LogP contribution in [0.2, 0.25) is 0 Å². The lowest BCUT2D eigenvalue weighted by atomic mass is 10.0. The van der Waals surface area contributed by atoms with E-state index in [4.69, 9.17) is 4.74 Å². The normalized spacial score (nSPS) is 10.9. The lowest BCUT2D eigenvalue weighted by molar-refractivity contribution is 0.433. The quantitative estimate of drug-likeness (QED) is 0.820. The molecule has 2 aromatic carbocycles. The second kappa shape index (κ2) is 7.23. The molecule has 112 valence electrons. The second-order valence-corrected chi connectivity index (χ2v) is 5.34. The van der Waals surface area contributed by atoms with Crippen molar-refractivity contribution in [2.45, 2.75) is 33.2 Å². The third kappa shape index (κ3) is 4.05. The summed E-state index contributed by atoms with van der Waals surface area (Å²) in [4.78, 5) is 0. The summed E-state index contributed by atoms with van der Waals surface area (Å²) >= 11 is 0. The molecule has 2 nitrogen and oxygen atoms in total. The lowest BCUT2D eigenvalue weighted by Gasteiger charge is -2.14. The number of hydrogen-bond donors (Lipinski definition) is 1. The molecule has 2 rings (SSSR count). The maximum atomic E-state index is 14.1. The van der Waals surface area contributed by atoms with Gasteiger partial charge in [0.05, 0.1) is 0 Å². The summed E-state index contributed by atoms with van der Waals surface area (Å²) in [6, 6.07) is 12.8. The first-order valence-electron chi connectivity index (χ1n) is 7.37. The molecule has 2 aromatic rings. The minimum absolute atomic E-state index is 0.305. The predicted octanol–water partition coefficient (Wildman–Crippen LogP) is 4.85. The topological polar surface area (TPSA) is 21.3 Å². The Labute approximate surface area is 126 Å². The first-order valence-corrected chi connectivity index (χ1v) is 7.37. The van der Waals surface area contributed by atoms with Gasteiger partial charge in [0.15, 0.2) is 11.6 Å². The van der Waals surface area contributed by atoms with Crippen molar-refractivity contribution in [3.8, 4) is 11.5 Å². The van der Waals surface area contributed by atoms with E-state index in [1.165, 1.54) is 11.6 Å². The zero-order chi connectivity index (χ0) is 15.2. The van der Waals surface area contributed by atoms with Crippen molar-refractivity contribution < 1.29 is 9.13 Å². The van der Waals surface area contributed by atoms with E-state index in [1.807, 2.05) is 31.2 Å². The summed E-state index contributed by atoms with van der Waals surface area (Å²) in [5, 5.41) is 3.20. The number of para-hydroxylation sites is 1. The largest absolute Gasteiger partial charge is 0.454 e. The van der Waals surface area contributed by atoms with Crippen LogP contribution in [0.4, 0.5) is 4.39 Å². The Bertz CT molecular complexity index is 596. The molecular weight excluding hydrogens is 265 g/mol. The molecule has 0 heterocycles. The first-order chi connectivity index (χ1) is 10.1. The highest BCUT2D eigenvalue weighted by molar-refractivity contribution is 5.40. The Morgan fingerprint density at radius 1 is 1.14 bits per heavy atom. The van der Waals surface area contributed by atoms with Gasteiger partial charge in [-0.15, -0.1) is 0 Å². The Morgan fingerprint density at radius 3 is 2.62 bits per heavy atom. The summed E-state index contributed by atoms with van der Waals surface area (Å²) < 4.78 is 19.9. The van der Waals surface area contributed by atoms with Crippen LogP contribution in [0.5, 0.6) is 11.5 Å². The molecule has 0 aliphatic heterocycles. The van der Waals surface area contributed by atoms with E-state index in [0.717, 1.165) is 12.1 Å². The Hall–Kier alpha value is -1.87. The standard InChI is InChI=1S/C18H22FNO/c1-4-20-12-15-8-6-10-17(19)18(15)21-16-9-5-7-14(11-16)13(2)3/h5-11,13,20H,4,12H2,1-3H3. The van der Waals surface area contributed by atoms with Crippen molar-refractivity contribution in [2.75, 3.05) is 6.54 Å². The zero-order valence-corrected chi connectivity index (χ0v) is 12.8. The molecule has 0 fully saturated rings. The van der Waals surface area contributed by atoms with Gasteiger partial charge in [-0.25, -0.2) is 4.39 Å². The number of nitrogens with one attached hydrogen (secondary N) is 1. The number of ether oxygens (including phenoxy) is 1. The molecule has 1 N–H and O–H groups in total. The summed E-state index contributed by atoms with van der Waals surface area (Å²) in [5.74, 6) is 1.05. The molecule has 3 heteroatoms. The minimum Gasteiger partial charge on any atom is -0.454 e. The second-order valence-electron chi connectivity index (χ2n) is 5.34. The van der Waals surface area contributed by atoms with E-state index in [0.29, 0.717) is 24.0 Å². The van der Waals surface area contributed by atoms with Gasteiger partial charge in [-0.1, -0.05) is 45.0 Å². The number of halogens is 1. The Morgan fingerprint density at radius 2 is 1.90 bits per heavy atom. The first kappa shape index (κ1) is 15.5. The third-order valence-electron chi connectivity index (χ3n) is 3.36. The van der Waals surface area contributed by atoms with E-state index < -0.39 is 0 Å². The fourth-order valence-corrected chi connectivity index (χ4v) is 2.12. The van der Waals surface area contributed by atoms with E-state index in [9.17, 15) is 4.39 Å². The van der Waals surface area contributed by atoms with E-state index in [1.54, 1.807) is 6.07 Å². The molecule has 0 saturated heterocycles. The van der Waals surface area contributed by atoms with Gasteiger partial charge < -0.3 is 10.1 Å². The van der Waals surface area contributed by atoms with Crippen LogP contribution in [0.25, 0.3) is 0 Å². The molecule has 0 spiro atoms. The summed E-state index contributed by atoms with van der Waals surface area (Å²) in [6.45, 7) is 7.69. The fourth-order valence-electron chi connectivity index (χ4n) is 2.12. The van der Waals surface area contributed by atoms with E-state index in [2.05, 4.69) is 25.2 Å². The molecule has 21 heavy (non-hydrogen) atoms. The van der Waals surface area contributed by atoms with E-state index >= 15 is 0 Å². The van der Waals surface area contributed by atoms with Gasteiger partial charge >= 0.3 is 0 Å². The Balaban J connectivity index is 2.28. The predicted molar refractivity (Wildman–Crippen MR) is 84.4 cm³/mol. The van der Waals surface area contributed by atoms with Crippen molar-refractivity contribution in [2.24, 2.45) is 0 Å². The minimum atomic E-state index is -0.333. The molecule has 0 atom stereocenters. The Kier molecular flexibility index (Phi) is 5.34. The zero-order valence-electron chi connectivity index (χ0n) is 12.8. The summed E-state index contributed by atoms with van der Waals surface area (Å²) in [6.07, 6.45) is 0. The highest BCUT2D eigenvalue weighted by atomic mass is 19.1. The van der Waals surface area contributed by atoms with Crippen LogP contribution in [0, 0.1) is 5.82 Å². The van der Waals surface area contributed by atoms with Gasteiger partial charge in [0.1, 0.15) is 5.75 Å². The van der Waals surface area contributed by atoms with E-state index in [-0.39, 0.29) is 5.82 Å². The van der Waals surface area contributed by atoms with Crippen LogP contribution < -0.4 is 10.1 Å². The van der Waals surface area contributed by atoms with Crippen LogP contribution in [-0.4, -0.2) is 6.54 Å². The van der Waals surface area contributed by atoms with Gasteiger partial charge in [0.2, 0.25) is 0 Å². The monoisotopic (exact) mass is 287 g/mol. The highest BCUT2D eigenvalue weighted by Gasteiger charge is 2.11. The molecule has 0 unspecified atom stereocenters. The van der Waals surface area contributed by atoms with Gasteiger partial charge in [-0.3, -0.25) is 0 Å². The smallest absolute Gasteiger partial charge is 0.167 e. The maximum absolute atomic E-state index is 14.1. The maximum Gasteiger partial charge on any atom is 0.167 e. The average Bonchev–Trinajstić information content (AvgIpc) is 2.48. The van der Waals surface area contributed by atoms with Crippen LogP contribution in [-0.2, 0) is 6.54 Å². The molecular formula is C18H22FNO. The van der Waals surface area contributed by atoms with Crippen molar-refractivity contribution in [1.29, 1.82) is 0 Å². The number of rotatable bonds is 6. The third-order valence-corrected chi connectivity index (χ3v) is 3.36. The molecule has 0 aliphatic rings. The van der Waals surface area contributed by atoms with Crippen molar-refractivity contribution in [3.05, 3.63) is 59.4 Å². The highest BCUT2D eigenvalue weighted by Crippen LogP contribution is 2.30. The van der Waals surface area contributed by atoms with Gasteiger partial charge in [-0.2, -0.15) is 0 Å². The van der Waals surface area contributed by atoms with Crippen LogP contribution in [0.15, 0.2) is 42.5 Å². The van der Waals surface area contributed by atoms with Crippen LogP contribution in [0.3, 0.4) is 0 Å². The number of hydrogen-bond acceptors (Lipinski definition) is 2. The van der Waals surface area contributed by atoms with Crippen LogP contribution in [0.1, 0.15) is 37.8 Å². The van der Waals surface area contributed by atoms with Crippen molar-refractivity contribution in [3.63, 3.8) is 0 Å². The summed E-state index contributed by atoms with van der Waals surface area (Å²) in [5.41, 5.74) is 2.00. The summed E-state index contributed by atoms with van der Waals surface area (Å²) in [7, 11) is 0. The van der Waals surface area contributed by atoms with Gasteiger partial charge in [0.25, 0.3) is 0 Å². The van der Waals surface area contributed by atoms with Crippen LogP contribution >= 0.6 is 0 Å². The fraction of sp³-hybridized carbons (Fsp3) is 0.333. The molecule has 0 aliphatic carbocycles. The molecule has 0 aromatic heterocycles. The lowest BCUT2D eigenvalue weighted by Crippen LogP contribution is -2.12. The van der Waals surface area contributed by atoms with Crippen molar-refractivity contribution in [1.82, 2.24) is 5.32 Å². The SMILES string of the molecule is CCNCc1cccc(F)c1Oc1cccc(C(C)C)c1.